The maximum atomic E-state index is 13.7. The Morgan fingerprint density at radius 1 is 1.16 bits per heavy atom. The van der Waals surface area contributed by atoms with Crippen molar-refractivity contribution in [2.45, 2.75) is 30.6 Å². The van der Waals surface area contributed by atoms with Gasteiger partial charge < -0.3 is 31.3 Å². The van der Waals surface area contributed by atoms with E-state index in [-0.39, 0.29) is 11.3 Å². The van der Waals surface area contributed by atoms with Crippen LogP contribution in [0.25, 0.3) is 5.76 Å². The summed E-state index contributed by atoms with van der Waals surface area (Å²) in [7, 11) is 2.92. The Balaban J connectivity index is 2.07. The minimum Gasteiger partial charge on any atom is -0.508 e. The summed E-state index contributed by atoms with van der Waals surface area (Å²) in [4.78, 5) is 40.0. The lowest BCUT2D eigenvalue weighted by atomic mass is 9.54. The molecule has 0 spiro atoms. The van der Waals surface area contributed by atoms with Crippen molar-refractivity contribution in [3.8, 4) is 5.75 Å². The molecule has 10 nitrogen and oxygen atoms in total. The smallest absolute Gasteiger partial charge is 0.255 e. The van der Waals surface area contributed by atoms with Crippen molar-refractivity contribution in [2.75, 3.05) is 14.1 Å². The molecule has 1 saturated carbocycles. The normalized spacial score (nSPS) is 34.4. The molecule has 0 unspecified atom stereocenters. The Kier molecular flexibility index (Phi) is 4.74. The van der Waals surface area contributed by atoms with Gasteiger partial charge in [0.2, 0.25) is 5.78 Å². The highest BCUT2D eigenvalue weighted by Crippen LogP contribution is 2.55. The van der Waals surface area contributed by atoms with Crippen LogP contribution in [0.4, 0.5) is 0 Å². The third-order valence-electron chi connectivity index (χ3n) is 6.99. The van der Waals surface area contributed by atoms with Crippen LogP contribution in [0.5, 0.6) is 5.75 Å². The molecule has 4 rings (SSSR count). The number of aliphatic hydroxyl groups excluding tert-OH is 3. The lowest BCUT2D eigenvalue weighted by Crippen LogP contribution is -2.70. The lowest BCUT2D eigenvalue weighted by molar-refractivity contribution is -0.169. The number of aliphatic hydroxyl groups is 4. The second-order valence-corrected chi connectivity index (χ2v) is 8.79. The van der Waals surface area contributed by atoms with Crippen molar-refractivity contribution >= 4 is 23.2 Å². The zero-order valence-corrected chi connectivity index (χ0v) is 17.6. The second kappa shape index (κ2) is 6.89. The molecule has 3 aliphatic rings. The summed E-state index contributed by atoms with van der Waals surface area (Å²) in [6, 6.07) is 3.13. The van der Waals surface area contributed by atoms with E-state index in [1.165, 1.54) is 25.1 Å². The monoisotopic (exact) mass is 444 g/mol. The highest BCUT2D eigenvalue weighted by atomic mass is 16.4. The van der Waals surface area contributed by atoms with Crippen molar-refractivity contribution in [2.24, 2.45) is 17.6 Å². The van der Waals surface area contributed by atoms with Gasteiger partial charge in [-0.15, -0.1) is 0 Å². The van der Waals surface area contributed by atoms with Crippen LogP contribution in [0, 0.1) is 11.8 Å². The summed E-state index contributed by atoms with van der Waals surface area (Å²) in [6.45, 7) is 1.68. The number of carbonyl (C=O) groups excluding carboxylic acids is 3. The molecule has 6 atom stereocenters. The molecule has 3 aliphatic carbocycles. The molecule has 1 aromatic carbocycles. The number of hydrogen-bond acceptors (Lipinski definition) is 9. The number of carbonyl (C=O) groups is 3. The average Bonchev–Trinajstić information content (AvgIpc) is 2.70. The summed E-state index contributed by atoms with van der Waals surface area (Å²) in [5.41, 5.74) is 1.47. The zero-order chi connectivity index (χ0) is 23.9. The van der Waals surface area contributed by atoms with E-state index in [2.05, 4.69) is 0 Å². The second-order valence-electron chi connectivity index (χ2n) is 8.79. The van der Waals surface area contributed by atoms with Gasteiger partial charge in [0, 0.05) is 11.5 Å². The zero-order valence-electron chi connectivity index (χ0n) is 17.6. The van der Waals surface area contributed by atoms with Crippen molar-refractivity contribution in [3.05, 3.63) is 46.2 Å². The fourth-order valence-corrected chi connectivity index (χ4v) is 5.58. The highest BCUT2D eigenvalue weighted by Gasteiger charge is 2.68. The fraction of sp³-hybridized carbons (Fsp3) is 0.409. The third-order valence-corrected chi connectivity index (χ3v) is 6.99. The molecule has 0 radical (unpaired) electrons. The first-order chi connectivity index (χ1) is 14.9. The Labute approximate surface area is 182 Å². The van der Waals surface area contributed by atoms with E-state index >= 15 is 0 Å². The van der Waals surface area contributed by atoms with Gasteiger partial charge in [-0.1, -0.05) is 19.1 Å². The van der Waals surface area contributed by atoms with Crippen LogP contribution in [0.1, 0.15) is 24.0 Å². The molecule has 0 heterocycles. The van der Waals surface area contributed by atoms with Gasteiger partial charge in [0.1, 0.15) is 22.8 Å². The Bertz CT molecular complexity index is 1140. The summed E-state index contributed by atoms with van der Waals surface area (Å²) in [5.74, 6) is -8.87. The Morgan fingerprint density at radius 2 is 1.78 bits per heavy atom. The van der Waals surface area contributed by atoms with E-state index in [4.69, 9.17) is 5.73 Å². The van der Waals surface area contributed by atoms with Crippen LogP contribution in [0.15, 0.2) is 35.1 Å². The lowest BCUT2D eigenvalue weighted by Gasteiger charge is -2.53. The standard InChI is InChI=1S/C22H24N2O8/c1-7-8-5-4-6-9(25)11(8)16(26)12-10(7)17(27)14-15(24(2)3)18(28)13(21(23)31)20(30)22(14,32)19(12)29/h4-7,10,14-15,17,25-27,30,32H,1-3H3,(H2,23,31)/t7-,10+,14+,15+,17-,22-/m0/s1. The number of fused-ring (bicyclic) bond motifs is 3. The summed E-state index contributed by atoms with van der Waals surface area (Å²) in [6.07, 6.45) is -1.59. The number of benzene rings is 1. The van der Waals surface area contributed by atoms with Crippen LogP contribution in [-0.2, 0) is 14.4 Å². The van der Waals surface area contributed by atoms with Gasteiger partial charge in [-0.25, -0.2) is 0 Å². The number of likely N-dealkylation sites (N-methyl/N-ethyl adjacent to an activating group) is 1. The number of amides is 1. The van der Waals surface area contributed by atoms with Gasteiger partial charge in [0.05, 0.1) is 23.6 Å². The van der Waals surface area contributed by atoms with Crippen LogP contribution >= 0.6 is 0 Å². The van der Waals surface area contributed by atoms with E-state index in [1.54, 1.807) is 19.1 Å². The van der Waals surface area contributed by atoms with Crippen LogP contribution in [0.2, 0.25) is 0 Å². The first-order valence-electron chi connectivity index (χ1n) is 10.0. The summed E-state index contributed by atoms with van der Waals surface area (Å²) < 4.78 is 0. The molecule has 1 amide bonds. The number of phenolic OH excluding ortho intramolecular Hbond substituents is 1. The van der Waals surface area contributed by atoms with Gasteiger partial charge in [0.25, 0.3) is 5.91 Å². The molecule has 1 aromatic rings. The van der Waals surface area contributed by atoms with Crippen LogP contribution < -0.4 is 5.73 Å². The predicted molar refractivity (Wildman–Crippen MR) is 110 cm³/mol. The molecule has 0 bridgehead atoms. The quantitative estimate of drug-likeness (QED) is 0.327. The number of nitrogens with two attached hydrogens (primary N) is 1. The van der Waals surface area contributed by atoms with Crippen LogP contribution in [0.3, 0.4) is 0 Å². The molecule has 0 saturated heterocycles. The number of rotatable bonds is 2. The summed E-state index contributed by atoms with van der Waals surface area (Å²) in [5, 5.41) is 54.9. The van der Waals surface area contributed by atoms with Crippen molar-refractivity contribution in [1.82, 2.24) is 4.90 Å². The minimum atomic E-state index is -2.89. The van der Waals surface area contributed by atoms with E-state index in [0.717, 1.165) is 0 Å². The maximum absolute atomic E-state index is 13.7. The highest BCUT2D eigenvalue weighted by molar-refractivity contribution is 6.24. The van der Waals surface area contributed by atoms with Gasteiger partial charge in [0.15, 0.2) is 11.4 Å². The minimum absolute atomic E-state index is 0.0245. The third kappa shape index (κ3) is 2.48. The van der Waals surface area contributed by atoms with Crippen LogP contribution in [-0.4, -0.2) is 79.7 Å². The first-order valence-corrected chi connectivity index (χ1v) is 10.0. The molecule has 1 fully saturated rings. The van der Waals surface area contributed by atoms with Crippen molar-refractivity contribution in [3.63, 3.8) is 0 Å². The molecule has 0 aliphatic heterocycles. The molecule has 32 heavy (non-hydrogen) atoms. The van der Waals surface area contributed by atoms with E-state index in [9.17, 15) is 39.9 Å². The van der Waals surface area contributed by atoms with Crippen molar-refractivity contribution in [1.29, 1.82) is 0 Å². The number of nitrogens with zero attached hydrogens (tertiary/aromatic N) is 1. The molecule has 0 aromatic heterocycles. The largest absolute Gasteiger partial charge is 0.508 e. The van der Waals surface area contributed by atoms with Crippen molar-refractivity contribution < 1.29 is 39.9 Å². The number of aromatic hydroxyl groups is 1. The average molecular weight is 444 g/mol. The SMILES string of the molecule is C[C@H]1c2cccc(O)c2C(O)=C2C(=O)[C@]3(O)C(O)=C(C(N)=O)C(=O)[C@H](N(C)C)[C@@H]3[C@@H](O)[C@@H]21. The molecule has 10 heteroatoms. The molecule has 7 N–H and O–H groups in total. The number of primary amides is 1. The molecular formula is C22H24N2O8. The first kappa shape index (κ1) is 22.0. The van der Waals surface area contributed by atoms with Gasteiger partial charge in [-0.3, -0.25) is 19.3 Å². The van der Waals surface area contributed by atoms with Gasteiger partial charge >= 0.3 is 0 Å². The molecular weight excluding hydrogens is 420 g/mol. The number of ketones is 2. The number of phenols is 1. The number of Topliss-reactive ketones (excluding diaryl/α,β-unsaturated/α-hetero) is 2. The summed E-state index contributed by atoms with van der Waals surface area (Å²) >= 11 is 0. The van der Waals surface area contributed by atoms with Gasteiger partial charge in [-0.05, 0) is 31.6 Å². The van der Waals surface area contributed by atoms with E-state index < -0.39 is 75.6 Å². The maximum Gasteiger partial charge on any atom is 0.255 e. The topological polar surface area (TPSA) is 182 Å². The molecule has 170 valence electrons. The predicted octanol–water partition coefficient (Wildman–Crippen LogP) is -0.504. The van der Waals surface area contributed by atoms with E-state index in [0.29, 0.717) is 5.56 Å². The number of hydrogen-bond donors (Lipinski definition) is 6. The van der Waals surface area contributed by atoms with E-state index in [1.807, 2.05) is 0 Å². The fourth-order valence-electron chi connectivity index (χ4n) is 5.58. The Morgan fingerprint density at radius 3 is 2.34 bits per heavy atom. The Hall–Kier alpha value is -3.21. The van der Waals surface area contributed by atoms with Gasteiger partial charge in [-0.2, -0.15) is 0 Å².